The minimum atomic E-state index is -3.87. The van der Waals surface area contributed by atoms with E-state index in [4.69, 9.17) is 15.8 Å². The van der Waals surface area contributed by atoms with Crippen molar-refractivity contribution in [3.8, 4) is 5.88 Å². The summed E-state index contributed by atoms with van der Waals surface area (Å²) in [4.78, 5) is 13.8. The summed E-state index contributed by atoms with van der Waals surface area (Å²) in [5.74, 6) is -0.290. The van der Waals surface area contributed by atoms with Gasteiger partial charge in [-0.1, -0.05) is 44.4 Å². The highest BCUT2D eigenvalue weighted by atomic mass is 35.5. The van der Waals surface area contributed by atoms with Gasteiger partial charge in [0.2, 0.25) is 11.7 Å². The van der Waals surface area contributed by atoms with Crippen LogP contribution < -0.4 is 4.18 Å². The summed E-state index contributed by atoms with van der Waals surface area (Å²) in [5, 5.41) is 5.03. The summed E-state index contributed by atoms with van der Waals surface area (Å²) < 4.78 is 32.3. The summed E-state index contributed by atoms with van der Waals surface area (Å²) >= 11 is 6.48. The molecule has 0 atom stereocenters. The lowest BCUT2D eigenvalue weighted by atomic mass is 9.91. The number of nitrogens with zero attached hydrogens (tertiary/aromatic N) is 2. The van der Waals surface area contributed by atoms with E-state index in [1.165, 1.54) is 4.68 Å². The Labute approximate surface area is 203 Å². The van der Waals surface area contributed by atoms with Crippen LogP contribution in [0.4, 0.5) is 0 Å². The molecular formula is C25H35ClN2O4S. The second kappa shape index (κ2) is 10.9. The molecule has 0 aliphatic rings. The molecule has 0 fully saturated rings. The number of aromatic nitrogens is 2. The molecule has 2 aromatic rings. The molecule has 0 saturated heterocycles. The molecule has 1 aromatic carbocycles. The third-order valence-electron chi connectivity index (χ3n) is 5.58. The average Bonchev–Trinajstić information content (AvgIpc) is 2.99. The Morgan fingerprint density at radius 3 is 2.33 bits per heavy atom. The molecule has 182 valence electrons. The van der Waals surface area contributed by atoms with Crippen molar-refractivity contribution in [3.05, 3.63) is 50.7 Å². The fraction of sp³-hybridized carbons (Fsp3) is 0.520. The Kier molecular flexibility index (Phi) is 8.94. The lowest BCUT2D eigenvalue weighted by Crippen LogP contribution is -2.19. The maximum atomic E-state index is 13.8. The first kappa shape index (κ1) is 27.1. The minimum absolute atomic E-state index is 0.0165. The van der Waals surface area contributed by atoms with Gasteiger partial charge in [-0.25, -0.2) is 4.68 Å². The van der Waals surface area contributed by atoms with Crippen LogP contribution in [0.5, 0.6) is 5.88 Å². The van der Waals surface area contributed by atoms with Crippen LogP contribution in [0.1, 0.15) is 87.1 Å². The number of unbranched alkanes of at least 4 members (excludes halogenated alkanes) is 1. The maximum Gasteiger partial charge on any atom is 0.310 e. The van der Waals surface area contributed by atoms with Gasteiger partial charge in [-0.3, -0.25) is 4.79 Å². The zero-order chi connectivity index (χ0) is 25.1. The van der Waals surface area contributed by atoms with E-state index in [-0.39, 0.29) is 28.9 Å². The molecule has 2 rings (SSSR count). The van der Waals surface area contributed by atoms with Gasteiger partial charge in [0, 0.05) is 17.1 Å². The quantitative estimate of drug-likeness (QED) is 0.283. The number of aryl methyl sites for hydroxylation is 1. The van der Waals surface area contributed by atoms with Crippen LogP contribution in [0, 0.1) is 19.8 Å². The highest BCUT2D eigenvalue weighted by Crippen LogP contribution is 2.34. The second-order valence-corrected chi connectivity index (χ2v) is 11.2. The van der Waals surface area contributed by atoms with E-state index in [9.17, 15) is 13.2 Å². The van der Waals surface area contributed by atoms with Crippen LogP contribution in [-0.4, -0.2) is 29.7 Å². The fourth-order valence-electron chi connectivity index (χ4n) is 3.63. The first-order valence-electron chi connectivity index (χ1n) is 11.3. The second-order valence-electron chi connectivity index (χ2n) is 9.09. The molecule has 0 spiro atoms. The number of rotatable bonds is 10. The smallest absolute Gasteiger partial charge is 0.310 e. The number of ketones is 1. The predicted octanol–water partition coefficient (Wildman–Crippen LogP) is 6.36. The predicted molar refractivity (Wildman–Crippen MR) is 135 cm³/mol. The van der Waals surface area contributed by atoms with Crippen molar-refractivity contribution in [2.24, 2.45) is 5.92 Å². The Morgan fingerprint density at radius 2 is 1.79 bits per heavy atom. The standard InChI is InChI=1S/C25H35ClN2O4S/c1-9-10-13-33(30,31)32-25-23(19(8)27-28(25)14-15(2)3)24(29)20-11-12-21(26)22(18(20)7)17(6)16(4)5/h11-12,15H,9-10,13-14H2,1-8H3. The van der Waals surface area contributed by atoms with Crippen molar-refractivity contribution >= 4 is 33.1 Å². The summed E-state index contributed by atoms with van der Waals surface area (Å²) in [5.41, 5.74) is 4.68. The van der Waals surface area contributed by atoms with Crippen LogP contribution in [0.25, 0.3) is 5.57 Å². The number of carbonyl (C=O) groups is 1. The topological polar surface area (TPSA) is 78.3 Å². The minimum Gasteiger partial charge on any atom is -0.361 e. The molecule has 0 aliphatic heterocycles. The van der Waals surface area contributed by atoms with Gasteiger partial charge >= 0.3 is 10.1 Å². The molecular weight excluding hydrogens is 460 g/mol. The Hall–Kier alpha value is -2.12. The van der Waals surface area contributed by atoms with Crippen LogP contribution in [0.3, 0.4) is 0 Å². The molecule has 6 nitrogen and oxygen atoms in total. The van der Waals surface area contributed by atoms with Gasteiger partial charge in [-0.05, 0) is 75.8 Å². The van der Waals surface area contributed by atoms with E-state index in [0.29, 0.717) is 29.2 Å². The normalized spacial score (nSPS) is 11.7. The number of allylic oxidation sites excluding steroid dienone is 2. The number of carbonyl (C=O) groups excluding carboxylic acids is 1. The fourth-order valence-corrected chi connectivity index (χ4v) is 5.11. The molecule has 1 aromatic heterocycles. The van der Waals surface area contributed by atoms with E-state index < -0.39 is 10.1 Å². The molecule has 0 radical (unpaired) electrons. The summed E-state index contributed by atoms with van der Waals surface area (Å²) in [6, 6.07) is 3.38. The van der Waals surface area contributed by atoms with E-state index in [2.05, 4.69) is 5.10 Å². The number of hydrogen-bond donors (Lipinski definition) is 0. The Balaban J connectivity index is 2.70. The Bertz CT molecular complexity index is 1170. The van der Waals surface area contributed by atoms with Crippen molar-refractivity contribution in [2.75, 3.05) is 5.75 Å². The Morgan fingerprint density at radius 1 is 1.15 bits per heavy atom. The number of hydrogen-bond acceptors (Lipinski definition) is 5. The van der Waals surface area contributed by atoms with Gasteiger partial charge in [-0.15, -0.1) is 0 Å². The number of halogens is 1. The van der Waals surface area contributed by atoms with E-state index >= 15 is 0 Å². The van der Waals surface area contributed by atoms with Crippen LogP contribution >= 0.6 is 11.6 Å². The lowest BCUT2D eigenvalue weighted by molar-refractivity contribution is 0.103. The molecule has 0 N–H and O–H groups in total. The van der Waals surface area contributed by atoms with Crippen molar-refractivity contribution < 1.29 is 17.4 Å². The zero-order valence-corrected chi connectivity index (χ0v) is 22.4. The van der Waals surface area contributed by atoms with Crippen molar-refractivity contribution in [3.63, 3.8) is 0 Å². The van der Waals surface area contributed by atoms with E-state index in [1.54, 1.807) is 19.1 Å². The van der Waals surface area contributed by atoms with Gasteiger partial charge in [0.05, 0.1) is 11.4 Å². The van der Waals surface area contributed by atoms with Crippen molar-refractivity contribution in [1.29, 1.82) is 0 Å². The molecule has 8 heteroatoms. The molecule has 33 heavy (non-hydrogen) atoms. The highest BCUT2D eigenvalue weighted by molar-refractivity contribution is 7.87. The largest absolute Gasteiger partial charge is 0.361 e. The third kappa shape index (κ3) is 6.27. The average molecular weight is 495 g/mol. The molecule has 0 aliphatic carbocycles. The van der Waals surface area contributed by atoms with Gasteiger partial charge in [0.1, 0.15) is 5.56 Å². The van der Waals surface area contributed by atoms with Crippen molar-refractivity contribution in [1.82, 2.24) is 9.78 Å². The maximum absolute atomic E-state index is 13.8. The van der Waals surface area contributed by atoms with Gasteiger partial charge in [0.25, 0.3) is 0 Å². The number of benzene rings is 1. The van der Waals surface area contributed by atoms with Crippen LogP contribution in [0.15, 0.2) is 17.7 Å². The van der Waals surface area contributed by atoms with Crippen LogP contribution in [-0.2, 0) is 16.7 Å². The van der Waals surface area contributed by atoms with Gasteiger partial charge < -0.3 is 4.18 Å². The molecule has 0 unspecified atom stereocenters. The van der Waals surface area contributed by atoms with Gasteiger partial charge in [0.15, 0.2) is 0 Å². The van der Waals surface area contributed by atoms with E-state index in [1.807, 2.05) is 48.5 Å². The third-order valence-corrected chi connectivity index (χ3v) is 7.10. The molecule has 0 bridgehead atoms. The molecule has 0 saturated carbocycles. The summed E-state index contributed by atoms with van der Waals surface area (Å²) in [7, 11) is -3.87. The van der Waals surface area contributed by atoms with Gasteiger partial charge in [-0.2, -0.15) is 13.5 Å². The highest BCUT2D eigenvalue weighted by Gasteiger charge is 2.29. The molecule has 0 amide bonds. The first-order valence-corrected chi connectivity index (χ1v) is 13.2. The zero-order valence-electron chi connectivity index (χ0n) is 20.9. The summed E-state index contributed by atoms with van der Waals surface area (Å²) in [6.45, 7) is 15.8. The molecule has 1 heterocycles. The SMILES string of the molecule is CCCCS(=O)(=O)Oc1c(C(=O)c2ccc(Cl)c(C(C)=C(C)C)c2C)c(C)nn1CC(C)C. The summed E-state index contributed by atoms with van der Waals surface area (Å²) in [6.07, 6.45) is 1.19. The van der Waals surface area contributed by atoms with Crippen molar-refractivity contribution in [2.45, 2.75) is 74.8 Å². The first-order chi connectivity index (χ1) is 15.3. The van der Waals surface area contributed by atoms with Crippen LogP contribution in [0.2, 0.25) is 5.02 Å². The lowest BCUT2D eigenvalue weighted by Gasteiger charge is -2.16. The van der Waals surface area contributed by atoms with E-state index in [0.717, 1.165) is 28.7 Å². The monoisotopic (exact) mass is 494 g/mol.